The van der Waals surface area contributed by atoms with Crippen molar-refractivity contribution in [3.05, 3.63) is 11.8 Å². The number of H-pyrrole nitrogens is 1. The van der Waals surface area contributed by atoms with Gasteiger partial charge in [0.15, 0.2) is 0 Å². The molecule has 1 aromatic rings. The maximum absolute atomic E-state index is 11.9. The molecule has 17 heavy (non-hydrogen) atoms. The highest BCUT2D eigenvalue weighted by Crippen LogP contribution is 2.29. The van der Waals surface area contributed by atoms with Crippen LogP contribution in [0.2, 0.25) is 0 Å². The molecule has 0 spiro atoms. The molecule has 0 aliphatic heterocycles. The first-order valence-electron chi connectivity index (χ1n) is 5.92. The van der Waals surface area contributed by atoms with Crippen LogP contribution in [0.3, 0.4) is 0 Å². The number of carbonyl (C=O) groups is 1. The van der Waals surface area contributed by atoms with E-state index in [1.54, 1.807) is 0 Å². The van der Waals surface area contributed by atoms with Gasteiger partial charge in [0.05, 0.1) is 6.20 Å². The quantitative estimate of drug-likeness (QED) is 0.758. The molecule has 6 heteroatoms. The van der Waals surface area contributed by atoms with Crippen LogP contribution in [0.5, 0.6) is 0 Å². The predicted octanol–water partition coefficient (Wildman–Crippen LogP) is 1.40. The van der Waals surface area contributed by atoms with Crippen molar-refractivity contribution in [2.45, 2.75) is 37.5 Å². The fourth-order valence-electron chi connectivity index (χ4n) is 2.20. The number of carbonyl (C=O) groups excluding carboxylic acids is 1. The van der Waals surface area contributed by atoms with E-state index in [4.69, 9.17) is 5.73 Å². The first-order chi connectivity index (χ1) is 8.20. The second kappa shape index (κ2) is 5.44. The number of rotatable bonds is 4. The molecule has 2 rings (SSSR count). The number of nitrogens with zero attached hydrogens (tertiary/aromatic N) is 1. The van der Waals surface area contributed by atoms with E-state index in [9.17, 15) is 4.79 Å². The third-order valence-corrected chi connectivity index (χ3v) is 4.27. The number of aromatic nitrogens is 2. The van der Waals surface area contributed by atoms with Crippen molar-refractivity contribution in [2.24, 2.45) is 0 Å². The summed E-state index contributed by atoms with van der Waals surface area (Å²) in [5, 5.41) is 10.0. The Kier molecular flexibility index (Phi) is 3.93. The molecule has 1 saturated carbocycles. The molecule has 1 fully saturated rings. The first kappa shape index (κ1) is 12.3. The molecule has 0 bridgehead atoms. The minimum absolute atomic E-state index is 0.122. The first-order valence-corrected chi connectivity index (χ1v) is 6.97. The molecule has 0 radical (unpaired) electrons. The van der Waals surface area contributed by atoms with Gasteiger partial charge in [-0.1, -0.05) is 6.92 Å². The molecule has 0 saturated heterocycles. The van der Waals surface area contributed by atoms with E-state index in [0.717, 1.165) is 18.6 Å². The highest BCUT2D eigenvalue weighted by atomic mass is 32.2. The van der Waals surface area contributed by atoms with Crippen LogP contribution in [0, 0.1) is 0 Å². The number of aromatic amines is 1. The van der Waals surface area contributed by atoms with Gasteiger partial charge in [-0.2, -0.15) is 16.9 Å². The molecule has 1 aliphatic carbocycles. The van der Waals surface area contributed by atoms with Crippen LogP contribution < -0.4 is 11.1 Å². The molecule has 1 aromatic heterocycles. The zero-order valence-corrected chi connectivity index (χ0v) is 10.7. The van der Waals surface area contributed by atoms with Crippen LogP contribution in [0.25, 0.3) is 0 Å². The zero-order valence-electron chi connectivity index (χ0n) is 9.90. The van der Waals surface area contributed by atoms with E-state index in [1.165, 1.54) is 12.6 Å². The second-order valence-electron chi connectivity index (χ2n) is 4.26. The van der Waals surface area contributed by atoms with Crippen molar-refractivity contribution in [2.75, 3.05) is 11.5 Å². The lowest BCUT2D eigenvalue weighted by Gasteiger charge is -2.12. The average molecular weight is 254 g/mol. The van der Waals surface area contributed by atoms with Gasteiger partial charge < -0.3 is 11.1 Å². The number of nitrogens with one attached hydrogen (secondary N) is 2. The molecule has 4 N–H and O–H groups in total. The minimum atomic E-state index is -0.122. The van der Waals surface area contributed by atoms with Crippen molar-refractivity contribution in [3.8, 4) is 0 Å². The third kappa shape index (κ3) is 2.94. The van der Waals surface area contributed by atoms with E-state index < -0.39 is 0 Å². The summed E-state index contributed by atoms with van der Waals surface area (Å²) in [4.78, 5) is 11.9. The highest BCUT2D eigenvalue weighted by molar-refractivity contribution is 7.99. The molecule has 2 unspecified atom stereocenters. The van der Waals surface area contributed by atoms with Crippen molar-refractivity contribution in [1.82, 2.24) is 15.5 Å². The summed E-state index contributed by atoms with van der Waals surface area (Å²) < 4.78 is 0. The minimum Gasteiger partial charge on any atom is -0.383 e. The van der Waals surface area contributed by atoms with Gasteiger partial charge in [0.25, 0.3) is 5.91 Å². The maximum Gasteiger partial charge on any atom is 0.256 e. The maximum atomic E-state index is 11.9. The number of hydrogen-bond acceptors (Lipinski definition) is 4. The fourth-order valence-corrected chi connectivity index (χ4v) is 3.34. The number of nitrogen functional groups attached to an aromatic ring is 1. The normalized spacial score (nSPS) is 23.8. The predicted molar refractivity (Wildman–Crippen MR) is 70.0 cm³/mol. The molecule has 1 aliphatic rings. The number of thioether (sulfide) groups is 1. The van der Waals surface area contributed by atoms with Crippen LogP contribution in [0.4, 0.5) is 5.82 Å². The van der Waals surface area contributed by atoms with Gasteiger partial charge >= 0.3 is 0 Å². The van der Waals surface area contributed by atoms with Gasteiger partial charge in [-0.05, 0) is 25.0 Å². The number of anilines is 1. The Bertz CT molecular complexity index is 393. The topological polar surface area (TPSA) is 83.8 Å². The van der Waals surface area contributed by atoms with Gasteiger partial charge in [-0.15, -0.1) is 0 Å². The summed E-state index contributed by atoms with van der Waals surface area (Å²) in [6.07, 6.45) is 4.77. The summed E-state index contributed by atoms with van der Waals surface area (Å²) in [5.74, 6) is 1.35. The Morgan fingerprint density at radius 1 is 1.71 bits per heavy atom. The SMILES string of the molecule is CCSC1CCC(NC(=O)c2cn[nH]c2N)C1. The zero-order chi connectivity index (χ0) is 12.3. The lowest BCUT2D eigenvalue weighted by Crippen LogP contribution is -2.33. The van der Waals surface area contributed by atoms with E-state index in [0.29, 0.717) is 16.6 Å². The molecule has 0 aromatic carbocycles. The molecule has 5 nitrogen and oxygen atoms in total. The molecule has 94 valence electrons. The van der Waals surface area contributed by atoms with E-state index in [1.807, 2.05) is 11.8 Å². The summed E-state index contributed by atoms with van der Waals surface area (Å²) in [6, 6.07) is 0.279. The number of amides is 1. The Labute approximate surface area is 105 Å². The smallest absolute Gasteiger partial charge is 0.256 e. The number of hydrogen-bond donors (Lipinski definition) is 3. The van der Waals surface area contributed by atoms with Gasteiger partial charge in [0, 0.05) is 11.3 Å². The summed E-state index contributed by atoms with van der Waals surface area (Å²) in [7, 11) is 0. The number of nitrogens with two attached hydrogens (primary N) is 1. The van der Waals surface area contributed by atoms with Gasteiger partial charge in [0.2, 0.25) is 0 Å². The molecule has 2 atom stereocenters. The van der Waals surface area contributed by atoms with Crippen LogP contribution in [0.1, 0.15) is 36.5 Å². The van der Waals surface area contributed by atoms with Crippen LogP contribution >= 0.6 is 11.8 Å². The van der Waals surface area contributed by atoms with Crippen LogP contribution in [0.15, 0.2) is 6.20 Å². The Morgan fingerprint density at radius 3 is 3.18 bits per heavy atom. The Balaban J connectivity index is 1.86. The highest BCUT2D eigenvalue weighted by Gasteiger charge is 2.26. The van der Waals surface area contributed by atoms with Crippen LogP contribution in [-0.2, 0) is 0 Å². The fraction of sp³-hybridized carbons (Fsp3) is 0.636. The molecule has 1 heterocycles. The van der Waals surface area contributed by atoms with Gasteiger partial charge in [0.1, 0.15) is 11.4 Å². The standard InChI is InChI=1S/C11H18N4OS/c1-2-17-8-4-3-7(5-8)14-11(16)9-6-13-15-10(9)12/h6-8H,2-5H2,1H3,(H,14,16)(H3,12,13,15). The lowest BCUT2D eigenvalue weighted by atomic mass is 10.2. The van der Waals surface area contributed by atoms with Crippen molar-refractivity contribution < 1.29 is 4.79 Å². The van der Waals surface area contributed by atoms with Crippen molar-refractivity contribution in [3.63, 3.8) is 0 Å². The summed E-state index contributed by atoms with van der Waals surface area (Å²) >= 11 is 1.98. The van der Waals surface area contributed by atoms with Gasteiger partial charge in [-0.25, -0.2) is 0 Å². The Hall–Kier alpha value is -1.17. The molecular weight excluding hydrogens is 236 g/mol. The van der Waals surface area contributed by atoms with E-state index in [2.05, 4.69) is 22.4 Å². The van der Waals surface area contributed by atoms with E-state index >= 15 is 0 Å². The van der Waals surface area contributed by atoms with Crippen LogP contribution in [-0.4, -0.2) is 33.1 Å². The lowest BCUT2D eigenvalue weighted by molar-refractivity contribution is 0.0939. The van der Waals surface area contributed by atoms with Crippen molar-refractivity contribution >= 4 is 23.5 Å². The van der Waals surface area contributed by atoms with E-state index in [-0.39, 0.29) is 11.9 Å². The monoisotopic (exact) mass is 254 g/mol. The average Bonchev–Trinajstić information content (AvgIpc) is 2.88. The van der Waals surface area contributed by atoms with Gasteiger partial charge in [-0.3, -0.25) is 9.89 Å². The summed E-state index contributed by atoms with van der Waals surface area (Å²) in [6.45, 7) is 2.17. The molecular formula is C11H18N4OS. The van der Waals surface area contributed by atoms with Crippen molar-refractivity contribution in [1.29, 1.82) is 0 Å². The summed E-state index contributed by atoms with van der Waals surface area (Å²) in [5.41, 5.74) is 6.05. The Morgan fingerprint density at radius 2 is 2.53 bits per heavy atom. The second-order valence-corrected chi connectivity index (χ2v) is 5.84. The third-order valence-electron chi connectivity index (χ3n) is 3.04. The largest absolute Gasteiger partial charge is 0.383 e. The molecule has 1 amide bonds.